The van der Waals surface area contributed by atoms with E-state index in [-0.39, 0.29) is 0 Å². The Morgan fingerprint density at radius 2 is 1.90 bits per heavy atom. The molecule has 0 saturated heterocycles. The Balaban J connectivity index is 2.04. The quantitative estimate of drug-likeness (QED) is 0.796. The summed E-state index contributed by atoms with van der Waals surface area (Å²) in [7, 11) is 0. The van der Waals surface area contributed by atoms with Crippen molar-refractivity contribution < 1.29 is 0 Å². The van der Waals surface area contributed by atoms with E-state index in [9.17, 15) is 0 Å². The molecule has 3 nitrogen and oxygen atoms in total. The summed E-state index contributed by atoms with van der Waals surface area (Å²) in [6.07, 6.45) is 7.13. The van der Waals surface area contributed by atoms with E-state index in [0.29, 0.717) is 6.04 Å². The van der Waals surface area contributed by atoms with Crippen molar-refractivity contribution in [1.29, 1.82) is 0 Å². The van der Waals surface area contributed by atoms with Crippen LogP contribution >= 0.6 is 0 Å². The van der Waals surface area contributed by atoms with Crippen LogP contribution in [0.15, 0.2) is 36.7 Å². The fourth-order valence-corrected chi connectivity index (χ4v) is 2.66. The van der Waals surface area contributed by atoms with Crippen LogP contribution in [0.25, 0.3) is 0 Å². The van der Waals surface area contributed by atoms with Gasteiger partial charge in [-0.3, -0.25) is 0 Å². The highest BCUT2D eigenvalue weighted by atomic mass is 15.0. The second-order valence-corrected chi connectivity index (χ2v) is 5.46. The topological polar surface area (TPSA) is 29.9 Å². The second kappa shape index (κ2) is 7.99. The van der Waals surface area contributed by atoms with Crippen molar-refractivity contribution in [1.82, 2.24) is 14.9 Å². The van der Waals surface area contributed by atoms with E-state index in [1.165, 1.54) is 17.5 Å². The van der Waals surface area contributed by atoms with Crippen molar-refractivity contribution in [2.75, 3.05) is 6.54 Å². The van der Waals surface area contributed by atoms with E-state index >= 15 is 0 Å². The van der Waals surface area contributed by atoms with Crippen LogP contribution in [-0.2, 0) is 13.0 Å². The van der Waals surface area contributed by atoms with Crippen molar-refractivity contribution in [2.45, 2.75) is 52.6 Å². The molecule has 1 heterocycles. The Hall–Kier alpha value is -1.61. The van der Waals surface area contributed by atoms with E-state index in [0.717, 1.165) is 31.8 Å². The predicted octanol–water partition coefficient (Wildman–Crippen LogP) is 3.94. The van der Waals surface area contributed by atoms with Gasteiger partial charge in [-0.05, 0) is 37.4 Å². The number of aryl methyl sites for hydroxylation is 1. The van der Waals surface area contributed by atoms with Crippen molar-refractivity contribution >= 4 is 0 Å². The third-order valence-corrected chi connectivity index (χ3v) is 3.94. The van der Waals surface area contributed by atoms with Gasteiger partial charge in [0.05, 0.1) is 0 Å². The molecule has 1 aromatic carbocycles. The third-order valence-electron chi connectivity index (χ3n) is 3.94. The lowest BCUT2D eigenvalue weighted by atomic mass is 10.0. The zero-order valence-corrected chi connectivity index (χ0v) is 13.5. The van der Waals surface area contributed by atoms with Gasteiger partial charge in [-0.1, -0.05) is 38.1 Å². The van der Waals surface area contributed by atoms with E-state index in [4.69, 9.17) is 0 Å². The first-order valence-electron chi connectivity index (χ1n) is 8.10. The SMILES string of the molecule is CCCNC(CC)c1ccc(Cc2nccn2CC)cc1. The number of benzene rings is 1. The Bertz CT molecular complexity index is 528. The molecule has 0 saturated carbocycles. The molecule has 0 radical (unpaired) electrons. The highest BCUT2D eigenvalue weighted by Gasteiger charge is 2.08. The number of aromatic nitrogens is 2. The van der Waals surface area contributed by atoms with Crippen molar-refractivity contribution in [3.63, 3.8) is 0 Å². The highest BCUT2D eigenvalue weighted by molar-refractivity contribution is 5.27. The van der Waals surface area contributed by atoms with Gasteiger partial charge in [0.25, 0.3) is 0 Å². The van der Waals surface area contributed by atoms with Gasteiger partial charge in [0.15, 0.2) is 0 Å². The first kappa shape index (κ1) is 15.8. The lowest BCUT2D eigenvalue weighted by Gasteiger charge is -2.17. The molecule has 0 spiro atoms. The average molecular weight is 285 g/mol. The lowest BCUT2D eigenvalue weighted by Crippen LogP contribution is -2.21. The van der Waals surface area contributed by atoms with Gasteiger partial charge < -0.3 is 9.88 Å². The molecular formula is C18H27N3. The Labute approximate surface area is 128 Å². The van der Waals surface area contributed by atoms with Gasteiger partial charge in [-0.2, -0.15) is 0 Å². The van der Waals surface area contributed by atoms with E-state index in [1.54, 1.807) is 0 Å². The number of imidazole rings is 1. The van der Waals surface area contributed by atoms with Gasteiger partial charge in [-0.25, -0.2) is 4.98 Å². The van der Waals surface area contributed by atoms with Crippen molar-refractivity contribution in [2.24, 2.45) is 0 Å². The summed E-state index contributed by atoms with van der Waals surface area (Å²) in [5.74, 6) is 1.14. The molecular weight excluding hydrogens is 258 g/mol. The zero-order valence-electron chi connectivity index (χ0n) is 13.5. The van der Waals surface area contributed by atoms with E-state index in [1.807, 2.05) is 12.4 Å². The largest absolute Gasteiger partial charge is 0.335 e. The monoisotopic (exact) mass is 285 g/mol. The lowest BCUT2D eigenvalue weighted by molar-refractivity contribution is 0.518. The number of nitrogens with zero attached hydrogens (tertiary/aromatic N) is 2. The third kappa shape index (κ3) is 4.18. The Morgan fingerprint density at radius 1 is 1.14 bits per heavy atom. The smallest absolute Gasteiger partial charge is 0.113 e. The Kier molecular flexibility index (Phi) is 6.00. The molecule has 1 aromatic heterocycles. The van der Waals surface area contributed by atoms with Gasteiger partial charge in [0.2, 0.25) is 0 Å². The minimum Gasteiger partial charge on any atom is -0.335 e. The summed E-state index contributed by atoms with van der Waals surface area (Å²) in [6, 6.07) is 9.45. The second-order valence-electron chi connectivity index (χ2n) is 5.46. The van der Waals surface area contributed by atoms with Gasteiger partial charge in [0, 0.05) is 31.4 Å². The molecule has 3 heteroatoms. The van der Waals surface area contributed by atoms with Crippen LogP contribution < -0.4 is 5.32 Å². The Morgan fingerprint density at radius 3 is 2.52 bits per heavy atom. The zero-order chi connectivity index (χ0) is 15.1. The standard InChI is InChI=1S/C18H27N3/c1-4-11-19-17(5-2)16-9-7-15(8-10-16)14-18-20-12-13-21(18)6-3/h7-10,12-13,17,19H,4-6,11,14H2,1-3H3. The molecule has 0 aliphatic rings. The summed E-state index contributed by atoms with van der Waals surface area (Å²) >= 11 is 0. The molecule has 1 N–H and O–H groups in total. The van der Waals surface area contributed by atoms with Gasteiger partial charge >= 0.3 is 0 Å². The maximum absolute atomic E-state index is 4.45. The molecule has 2 aromatic rings. The van der Waals surface area contributed by atoms with Crippen LogP contribution in [0, 0.1) is 0 Å². The summed E-state index contributed by atoms with van der Waals surface area (Å²) in [6.45, 7) is 8.65. The molecule has 1 atom stereocenters. The normalized spacial score (nSPS) is 12.5. The molecule has 21 heavy (non-hydrogen) atoms. The average Bonchev–Trinajstić information content (AvgIpc) is 2.96. The summed E-state index contributed by atoms with van der Waals surface area (Å²) in [5, 5.41) is 3.60. The first-order valence-corrected chi connectivity index (χ1v) is 8.10. The van der Waals surface area contributed by atoms with E-state index < -0.39 is 0 Å². The minimum atomic E-state index is 0.469. The molecule has 114 valence electrons. The number of rotatable bonds is 8. The predicted molar refractivity (Wildman–Crippen MR) is 88.5 cm³/mol. The van der Waals surface area contributed by atoms with Crippen LogP contribution in [-0.4, -0.2) is 16.1 Å². The van der Waals surface area contributed by atoms with Crippen molar-refractivity contribution in [3.05, 3.63) is 53.6 Å². The molecule has 0 aliphatic carbocycles. The van der Waals surface area contributed by atoms with Crippen LogP contribution in [0.2, 0.25) is 0 Å². The number of hydrogen-bond acceptors (Lipinski definition) is 2. The molecule has 0 bridgehead atoms. The van der Waals surface area contributed by atoms with Gasteiger partial charge in [0.1, 0.15) is 5.82 Å². The molecule has 0 amide bonds. The van der Waals surface area contributed by atoms with Crippen LogP contribution in [0.1, 0.15) is 56.6 Å². The minimum absolute atomic E-state index is 0.469. The van der Waals surface area contributed by atoms with Crippen LogP contribution in [0.4, 0.5) is 0 Å². The summed E-state index contributed by atoms with van der Waals surface area (Å²) < 4.78 is 2.20. The van der Waals surface area contributed by atoms with Crippen LogP contribution in [0.5, 0.6) is 0 Å². The van der Waals surface area contributed by atoms with Crippen LogP contribution in [0.3, 0.4) is 0 Å². The fourth-order valence-electron chi connectivity index (χ4n) is 2.66. The molecule has 0 aliphatic heterocycles. The summed E-state index contributed by atoms with van der Waals surface area (Å²) in [5.41, 5.74) is 2.71. The fraction of sp³-hybridized carbons (Fsp3) is 0.500. The molecule has 1 unspecified atom stereocenters. The number of hydrogen-bond donors (Lipinski definition) is 1. The van der Waals surface area contributed by atoms with Crippen molar-refractivity contribution in [3.8, 4) is 0 Å². The first-order chi connectivity index (χ1) is 10.3. The molecule has 2 rings (SSSR count). The van der Waals surface area contributed by atoms with E-state index in [2.05, 4.69) is 59.9 Å². The summed E-state index contributed by atoms with van der Waals surface area (Å²) in [4.78, 5) is 4.45. The maximum Gasteiger partial charge on any atom is 0.113 e. The van der Waals surface area contributed by atoms with Gasteiger partial charge in [-0.15, -0.1) is 0 Å². The number of nitrogens with one attached hydrogen (secondary N) is 1. The molecule has 0 fully saturated rings. The highest BCUT2D eigenvalue weighted by Crippen LogP contribution is 2.18. The maximum atomic E-state index is 4.45.